The van der Waals surface area contributed by atoms with Crippen LogP contribution in [-0.2, 0) is 0 Å². The van der Waals surface area contributed by atoms with Crippen LogP contribution in [0.1, 0.15) is 25.7 Å². The third-order valence-electron chi connectivity index (χ3n) is 3.14. The van der Waals surface area contributed by atoms with E-state index < -0.39 is 0 Å². The van der Waals surface area contributed by atoms with E-state index in [2.05, 4.69) is 9.97 Å². The Balaban J connectivity index is 1.95. The molecule has 0 radical (unpaired) electrons. The molecule has 1 aromatic carbocycles. The minimum Gasteiger partial charge on any atom is -0.381 e. The van der Waals surface area contributed by atoms with E-state index in [1.165, 1.54) is 25.7 Å². The molecule has 3 nitrogen and oxygen atoms in total. The zero-order chi connectivity index (χ0) is 11.7. The maximum atomic E-state index is 5.97. The molecular weight excluding hydrogens is 230 g/mol. The molecule has 2 aromatic rings. The van der Waals surface area contributed by atoms with Crippen LogP contribution in [0.5, 0.6) is 0 Å². The molecule has 1 fully saturated rings. The minimum atomic E-state index is 0.570. The average molecular weight is 245 g/mol. The summed E-state index contributed by atoms with van der Waals surface area (Å²) in [5, 5.41) is 1.57. The van der Waals surface area contributed by atoms with Gasteiger partial charge in [0.05, 0.1) is 11.0 Å². The lowest BCUT2D eigenvalue weighted by molar-refractivity contribution is 0.886. The molecule has 0 amide bonds. The smallest absolute Gasteiger partial charge is 0.156 e. The fraction of sp³-hybridized carbons (Fsp3) is 0.385. The van der Waals surface area contributed by atoms with Gasteiger partial charge in [0, 0.05) is 5.25 Å². The van der Waals surface area contributed by atoms with Crippen molar-refractivity contribution in [3.05, 3.63) is 24.3 Å². The fourth-order valence-corrected chi connectivity index (χ4v) is 3.45. The molecule has 3 rings (SSSR count). The molecule has 1 heterocycles. The Morgan fingerprint density at radius 2 is 1.71 bits per heavy atom. The van der Waals surface area contributed by atoms with Gasteiger partial charge in [-0.1, -0.05) is 36.7 Å². The summed E-state index contributed by atoms with van der Waals surface area (Å²) in [6, 6.07) is 7.88. The Morgan fingerprint density at radius 1 is 1.06 bits per heavy atom. The molecule has 0 atom stereocenters. The summed E-state index contributed by atoms with van der Waals surface area (Å²) < 4.78 is 0. The van der Waals surface area contributed by atoms with Crippen LogP contribution in [0.2, 0.25) is 0 Å². The quantitative estimate of drug-likeness (QED) is 0.882. The van der Waals surface area contributed by atoms with Crippen molar-refractivity contribution in [3.63, 3.8) is 0 Å². The lowest BCUT2D eigenvalue weighted by Crippen LogP contribution is -2.01. The van der Waals surface area contributed by atoms with Gasteiger partial charge in [-0.05, 0) is 25.0 Å². The maximum absolute atomic E-state index is 5.97. The zero-order valence-corrected chi connectivity index (χ0v) is 10.4. The Labute approximate surface area is 105 Å². The summed E-state index contributed by atoms with van der Waals surface area (Å²) in [5.41, 5.74) is 7.78. The molecule has 0 saturated heterocycles. The second kappa shape index (κ2) is 4.53. The van der Waals surface area contributed by atoms with Crippen molar-refractivity contribution >= 4 is 28.6 Å². The zero-order valence-electron chi connectivity index (χ0n) is 9.60. The molecule has 1 aliphatic rings. The molecule has 1 saturated carbocycles. The van der Waals surface area contributed by atoms with Gasteiger partial charge in [0.15, 0.2) is 5.82 Å². The average Bonchev–Trinajstić information content (AvgIpc) is 2.83. The molecule has 0 unspecified atom stereocenters. The summed E-state index contributed by atoms with van der Waals surface area (Å²) in [6.07, 6.45) is 5.22. The number of nitrogens with two attached hydrogens (primary N) is 1. The molecule has 0 aliphatic heterocycles. The van der Waals surface area contributed by atoms with E-state index >= 15 is 0 Å². The molecule has 88 valence electrons. The number of nitrogen functional groups attached to an aromatic ring is 1. The highest BCUT2D eigenvalue weighted by Gasteiger charge is 2.18. The van der Waals surface area contributed by atoms with Gasteiger partial charge in [-0.25, -0.2) is 9.97 Å². The fourth-order valence-electron chi connectivity index (χ4n) is 2.25. The van der Waals surface area contributed by atoms with Crippen LogP contribution in [-0.4, -0.2) is 15.2 Å². The van der Waals surface area contributed by atoms with Crippen LogP contribution < -0.4 is 5.73 Å². The highest BCUT2D eigenvalue weighted by atomic mass is 32.2. The number of aromatic nitrogens is 2. The maximum Gasteiger partial charge on any atom is 0.156 e. The largest absolute Gasteiger partial charge is 0.381 e. The Morgan fingerprint density at radius 3 is 2.41 bits per heavy atom. The SMILES string of the molecule is Nc1nc2ccccc2nc1SC1CCCC1. The van der Waals surface area contributed by atoms with Crippen LogP contribution in [0.25, 0.3) is 11.0 Å². The van der Waals surface area contributed by atoms with Crippen LogP contribution in [0, 0.1) is 0 Å². The van der Waals surface area contributed by atoms with Gasteiger partial charge in [0.2, 0.25) is 0 Å². The second-order valence-electron chi connectivity index (χ2n) is 4.43. The standard InChI is InChI=1S/C13H15N3S/c14-12-13(17-9-5-1-2-6-9)16-11-8-4-3-7-10(11)15-12/h3-4,7-9H,1-2,5-6H2,(H2,14,15). The molecule has 4 heteroatoms. The Hall–Kier alpha value is -1.29. The van der Waals surface area contributed by atoms with Gasteiger partial charge in [-0.3, -0.25) is 0 Å². The predicted molar refractivity (Wildman–Crippen MR) is 72.1 cm³/mol. The second-order valence-corrected chi connectivity index (χ2v) is 5.72. The van der Waals surface area contributed by atoms with Crippen LogP contribution >= 0.6 is 11.8 Å². The summed E-state index contributed by atoms with van der Waals surface area (Å²) in [4.78, 5) is 9.03. The first-order valence-electron chi connectivity index (χ1n) is 6.02. The van der Waals surface area contributed by atoms with E-state index in [1.807, 2.05) is 24.3 Å². The first-order valence-corrected chi connectivity index (χ1v) is 6.90. The summed E-state index contributed by atoms with van der Waals surface area (Å²) in [7, 11) is 0. The molecule has 1 aromatic heterocycles. The van der Waals surface area contributed by atoms with Crippen molar-refractivity contribution < 1.29 is 0 Å². The summed E-state index contributed by atoms with van der Waals surface area (Å²) in [6.45, 7) is 0. The first-order chi connectivity index (χ1) is 8.33. The molecule has 17 heavy (non-hydrogen) atoms. The number of rotatable bonds is 2. The highest BCUT2D eigenvalue weighted by molar-refractivity contribution is 8.00. The topological polar surface area (TPSA) is 51.8 Å². The van der Waals surface area contributed by atoms with E-state index in [0.717, 1.165) is 16.1 Å². The van der Waals surface area contributed by atoms with Crippen molar-refractivity contribution in [1.82, 2.24) is 9.97 Å². The van der Waals surface area contributed by atoms with Crippen LogP contribution in [0.3, 0.4) is 0 Å². The van der Waals surface area contributed by atoms with Crippen LogP contribution in [0.15, 0.2) is 29.3 Å². The van der Waals surface area contributed by atoms with Gasteiger partial charge >= 0.3 is 0 Å². The van der Waals surface area contributed by atoms with Crippen molar-refractivity contribution in [1.29, 1.82) is 0 Å². The highest BCUT2D eigenvalue weighted by Crippen LogP contribution is 2.36. The van der Waals surface area contributed by atoms with Crippen LogP contribution in [0.4, 0.5) is 5.82 Å². The van der Waals surface area contributed by atoms with E-state index in [4.69, 9.17) is 5.73 Å². The molecule has 0 bridgehead atoms. The third kappa shape index (κ3) is 2.22. The monoisotopic (exact) mass is 245 g/mol. The Bertz CT molecular complexity index is 535. The van der Waals surface area contributed by atoms with Gasteiger partial charge < -0.3 is 5.73 Å². The van der Waals surface area contributed by atoms with Crippen molar-refractivity contribution in [3.8, 4) is 0 Å². The number of nitrogens with zero attached hydrogens (tertiary/aromatic N) is 2. The lowest BCUT2D eigenvalue weighted by atomic mass is 10.3. The number of thioether (sulfide) groups is 1. The number of hydrogen-bond acceptors (Lipinski definition) is 4. The van der Waals surface area contributed by atoms with Crippen molar-refractivity contribution in [2.75, 3.05) is 5.73 Å². The number of para-hydroxylation sites is 2. The van der Waals surface area contributed by atoms with Crippen molar-refractivity contribution in [2.45, 2.75) is 36.0 Å². The minimum absolute atomic E-state index is 0.570. The predicted octanol–water partition coefficient (Wildman–Crippen LogP) is 3.25. The number of benzene rings is 1. The summed E-state index contributed by atoms with van der Waals surface area (Å²) in [5.74, 6) is 0.570. The van der Waals surface area contributed by atoms with Gasteiger partial charge in [0.1, 0.15) is 5.03 Å². The molecule has 0 spiro atoms. The third-order valence-corrected chi connectivity index (χ3v) is 4.47. The number of fused-ring (bicyclic) bond motifs is 1. The van der Waals surface area contributed by atoms with E-state index in [9.17, 15) is 0 Å². The molecule has 1 aliphatic carbocycles. The number of anilines is 1. The van der Waals surface area contributed by atoms with Crippen molar-refractivity contribution in [2.24, 2.45) is 0 Å². The molecule has 2 N–H and O–H groups in total. The van der Waals surface area contributed by atoms with Gasteiger partial charge in [-0.2, -0.15) is 0 Å². The lowest BCUT2D eigenvalue weighted by Gasteiger charge is -2.10. The summed E-state index contributed by atoms with van der Waals surface area (Å²) >= 11 is 1.79. The Kier molecular flexibility index (Phi) is 2.89. The first kappa shape index (κ1) is 10.8. The van der Waals surface area contributed by atoms with Gasteiger partial charge in [0.25, 0.3) is 0 Å². The van der Waals surface area contributed by atoms with Gasteiger partial charge in [-0.15, -0.1) is 0 Å². The van der Waals surface area contributed by atoms with E-state index in [0.29, 0.717) is 11.1 Å². The molecular formula is C13H15N3S. The van der Waals surface area contributed by atoms with E-state index in [-0.39, 0.29) is 0 Å². The normalized spacial score (nSPS) is 16.7. The number of hydrogen-bond donors (Lipinski definition) is 1. The van der Waals surface area contributed by atoms with E-state index in [1.54, 1.807) is 11.8 Å².